The van der Waals surface area contributed by atoms with E-state index in [1.54, 1.807) is 12.4 Å². The predicted octanol–water partition coefficient (Wildman–Crippen LogP) is 3.89. The van der Waals surface area contributed by atoms with E-state index in [4.69, 9.17) is 4.74 Å². The van der Waals surface area contributed by atoms with Crippen molar-refractivity contribution >= 4 is 26.7 Å². The fourth-order valence-corrected chi connectivity index (χ4v) is 2.19. The first-order chi connectivity index (χ1) is 9.24. The third-order valence-electron chi connectivity index (χ3n) is 2.73. The van der Waals surface area contributed by atoms with Gasteiger partial charge in [0, 0.05) is 21.4 Å². The lowest BCUT2D eigenvalue weighted by Crippen LogP contribution is -1.95. The molecule has 0 fully saturated rings. The molecular formula is C14H10BrN3O. The van der Waals surface area contributed by atoms with Crippen LogP contribution in [0.2, 0.25) is 0 Å². The van der Waals surface area contributed by atoms with Gasteiger partial charge in [-0.3, -0.25) is 4.98 Å². The molecular weight excluding hydrogens is 306 g/mol. The van der Waals surface area contributed by atoms with E-state index >= 15 is 0 Å². The van der Waals surface area contributed by atoms with Crippen LogP contribution in [-0.4, -0.2) is 15.2 Å². The summed E-state index contributed by atoms with van der Waals surface area (Å²) in [7, 11) is 0. The van der Waals surface area contributed by atoms with Crippen LogP contribution in [0.15, 0.2) is 47.2 Å². The highest BCUT2D eigenvalue weighted by atomic mass is 79.9. The lowest BCUT2D eigenvalue weighted by Gasteiger charge is -2.08. The van der Waals surface area contributed by atoms with Crippen molar-refractivity contribution < 1.29 is 4.74 Å². The van der Waals surface area contributed by atoms with Gasteiger partial charge in [-0.15, -0.1) is 5.10 Å². The molecule has 0 N–H and O–H groups in total. The quantitative estimate of drug-likeness (QED) is 0.720. The Kier molecular flexibility index (Phi) is 3.13. The number of fused-ring (bicyclic) bond motifs is 1. The van der Waals surface area contributed by atoms with Gasteiger partial charge in [0.15, 0.2) is 0 Å². The maximum absolute atomic E-state index is 5.76. The summed E-state index contributed by atoms with van der Waals surface area (Å²) in [6.07, 6.45) is 3.34. The standard InChI is InChI=1S/C14H10BrN3O/c1-9-12-4-2-3-5-13(12)14(18-17-9)19-11-6-10(15)7-16-8-11/h2-8H,1H3. The molecule has 0 spiro atoms. The van der Waals surface area contributed by atoms with Gasteiger partial charge in [0.1, 0.15) is 5.75 Å². The number of halogens is 1. The van der Waals surface area contributed by atoms with Crippen molar-refractivity contribution in [1.29, 1.82) is 0 Å². The van der Waals surface area contributed by atoms with Crippen LogP contribution in [0.3, 0.4) is 0 Å². The van der Waals surface area contributed by atoms with Crippen LogP contribution < -0.4 is 4.74 Å². The van der Waals surface area contributed by atoms with Crippen LogP contribution in [0.25, 0.3) is 10.8 Å². The average molecular weight is 316 g/mol. The van der Waals surface area contributed by atoms with E-state index in [0.717, 1.165) is 20.9 Å². The number of nitrogens with zero attached hydrogens (tertiary/aromatic N) is 3. The Balaban J connectivity index is 2.09. The highest BCUT2D eigenvalue weighted by Crippen LogP contribution is 2.28. The zero-order valence-corrected chi connectivity index (χ0v) is 11.8. The molecule has 0 saturated carbocycles. The van der Waals surface area contributed by atoms with Gasteiger partial charge >= 0.3 is 0 Å². The van der Waals surface area contributed by atoms with Gasteiger partial charge in [-0.2, -0.15) is 5.10 Å². The molecule has 1 aromatic carbocycles. The summed E-state index contributed by atoms with van der Waals surface area (Å²) in [4.78, 5) is 4.06. The van der Waals surface area contributed by atoms with Crippen molar-refractivity contribution in [3.8, 4) is 11.6 Å². The molecule has 4 nitrogen and oxygen atoms in total. The van der Waals surface area contributed by atoms with E-state index in [2.05, 4.69) is 31.1 Å². The molecule has 3 rings (SSSR count). The van der Waals surface area contributed by atoms with Gasteiger partial charge < -0.3 is 4.74 Å². The highest BCUT2D eigenvalue weighted by molar-refractivity contribution is 9.10. The van der Waals surface area contributed by atoms with Crippen LogP contribution in [0, 0.1) is 6.92 Å². The molecule has 0 amide bonds. The van der Waals surface area contributed by atoms with Crippen LogP contribution in [-0.2, 0) is 0 Å². The topological polar surface area (TPSA) is 47.9 Å². The van der Waals surface area contributed by atoms with Crippen LogP contribution in [0.1, 0.15) is 5.69 Å². The van der Waals surface area contributed by atoms with Gasteiger partial charge in [0.25, 0.3) is 0 Å². The lowest BCUT2D eigenvalue weighted by molar-refractivity contribution is 0.459. The molecule has 2 heterocycles. The normalized spacial score (nSPS) is 10.6. The van der Waals surface area contributed by atoms with Gasteiger partial charge in [-0.25, -0.2) is 0 Å². The molecule has 3 aromatic rings. The Morgan fingerprint density at radius 1 is 1.05 bits per heavy atom. The fraction of sp³-hybridized carbons (Fsp3) is 0.0714. The first-order valence-electron chi connectivity index (χ1n) is 5.74. The zero-order valence-electron chi connectivity index (χ0n) is 10.2. The molecule has 2 aromatic heterocycles. The summed E-state index contributed by atoms with van der Waals surface area (Å²) in [6, 6.07) is 9.74. The van der Waals surface area contributed by atoms with Crippen molar-refractivity contribution in [3.63, 3.8) is 0 Å². The van der Waals surface area contributed by atoms with Crippen LogP contribution in [0.5, 0.6) is 11.6 Å². The number of pyridine rings is 1. The minimum absolute atomic E-state index is 0.487. The molecule has 0 unspecified atom stereocenters. The SMILES string of the molecule is Cc1nnc(Oc2cncc(Br)c2)c2ccccc12. The summed E-state index contributed by atoms with van der Waals surface area (Å²) in [5.41, 5.74) is 0.885. The average Bonchev–Trinajstić information content (AvgIpc) is 2.42. The number of hydrogen-bond donors (Lipinski definition) is 0. The predicted molar refractivity (Wildman–Crippen MR) is 76.3 cm³/mol. The van der Waals surface area contributed by atoms with E-state index in [1.807, 2.05) is 37.3 Å². The Hall–Kier alpha value is -2.01. The second kappa shape index (κ2) is 4.93. The van der Waals surface area contributed by atoms with Crippen molar-refractivity contribution in [2.45, 2.75) is 6.92 Å². The first-order valence-corrected chi connectivity index (χ1v) is 6.54. The van der Waals surface area contributed by atoms with Gasteiger partial charge in [-0.1, -0.05) is 18.2 Å². The van der Waals surface area contributed by atoms with Crippen molar-refractivity contribution in [1.82, 2.24) is 15.2 Å². The molecule has 94 valence electrons. The molecule has 0 radical (unpaired) electrons. The molecule has 0 aliphatic heterocycles. The summed E-state index contributed by atoms with van der Waals surface area (Å²) < 4.78 is 6.62. The maximum Gasteiger partial charge on any atom is 0.246 e. The van der Waals surface area contributed by atoms with E-state index in [0.29, 0.717) is 11.6 Å². The number of benzene rings is 1. The first kappa shape index (κ1) is 12.0. The second-order valence-electron chi connectivity index (χ2n) is 4.08. The minimum Gasteiger partial charge on any atom is -0.435 e. The number of aromatic nitrogens is 3. The Morgan fingerprint density at radius 3 is 2.63 bits per heavy atom. The van der Waals surface area contributed by atoms with E-state index in [1.165, 1.54) is 0 Å². The Morgan fingerprint density at radius 2 is 1.84 bits per heavy atom. The summed E-state index contributed by atoms with van der Waals surface area (Å²) in [5.74, 6) is 1.11. The van der Waals surface area contributed by atoms with E-state index in [-0.39, 0.29) is 0 Å². The highest BCUT2D eigenvalue weighted by Gasteiger charge is 2.08. The monoisotopic (exact) mass is 315 g/mol. The number of rotatable bonds is 2. The van der Waals surface area contributed by atoms with Crippen LogP contribution in [0.4, 0.5) is 0 Å². The lowest BCUT2D eigenvalue weighted by atomic mass is 10.1. The Bertz CT molecular complexity index is 746. The van der Waals surface area contributed by atoms with Gasteiger partial charge in [-0.05, 0) is 35.0 Å². The van der Waals surface area contributed by atoms with Gasteiger partial charge in [0.05, 0.1) is 11.9 Å². The van der Waals surface area contributed by atoms with Crippen molar-refractivity contribution in [3.05, 3.63) is 52.9 Å². The third-order valence-corrected chi connectivity index (χ3v) is 3.17. The fourth-order valence-electron chi connectivity index (χ4n) is 1.85. The van der Waals surface area contributed by atoms with E-state index in [9.17, 15) is 0 Å². The molecule has 0 aliphatic carbocycles. The number of ether oxygens (including phenoxy) is 1. The van der Waals surface area contributed by atoms with Gasteiger partial charge in [0.2, 0.25) is 5.88 Å². The minimum atomic E-state index is 0.487. The van der Waals surface area contributed by atoms with Crippen molar-refractivity contribution in [2.75, 3.05) is 0 Å². The molecule has 0 bridgehead atoms. The van der Waals surface area contributed by atoms with E-state index < -0.39 is 0 Å². The molecule has 5 heteroatoms. The second-order valence-corrected chi connectivity index (χ2v) is 4.99. The Labute approximate surface area is 118 Å². The molecule has 0 atom stereocenters. The summed E-state index contributed by atoms with van der Waals surface area (Å²) >= 11 is 3.36. The largest absolute Gasteiger partial charge is 0.435 e. The number of aryl methyl sites for hydroxylation is 1. The summed E-state index contributed by atoms with van der Waals surface area (Å²) in [6.45, 7) is 1.93. The van der Waals surface area contributed by atoms with Crippen LogP contribution >= 0.6 is 15.9 Å². The zero-order chi connectivity index (χ0) is 13.2. The molecule has 0 saturated heterocycles. The summed E-state index contributed by atoms with van der Waals surface area (Å²) in [5, 5.41) is 10.2. The maximum atomic E-state index is 5.76. The smallest absolute Gasteiger partial charge is 0.246 e. The van der Waals surface area contributed by atoms with Crippen molar-refractivity contribution in [2.24, 2.45) is 0 Å². The third kappa shape index (κ3) is 2.42. The number of hydrogen-bond acceptors (Lipinski definition) is 4. The molecule has 0 aliphatic rings. The molecule has 19 heavy (non-hydrogen) atoms.